The van der Waals surface area contributed by atoms with Crippen molar-refractivity contribution in [3.8, 4) is 5.75 Å². The predicted molar refractivity (Wildman–Crippen MR) is 115 cm³/mol. The first-order valence-electron chi connectivity index (χ1n) is 9.76. The lowest BCUT2D eigenvalue weighted by molar-refractivity contribution is 0.0984. The van der Waals surface area contributed by atoms with Crippen molar-refractivity contribution >= 4 is 23.2 Å². The van der Waals surface area contributed by atoms with Crippen molar-refractivity contribution in [2.24, 2.45) is 0 Å². The molecule has 0 radical (unpaired) electrons. The van der Waals surface area contributed by atoms with Crippen LogP contribution in [0.2, 0.25) is 5.15 Å². The van der Waals surface area contributed by atoms with E-state index in [0.29, 0.717) is 35.2 Å². The minimum Gasteiger partial charge on any atom is -0.495 e. The van der Waals surface area contributed by atoms with Crippen molar-refractivity contribution in [2.45, 2.75) is 33.2 Å². The third-order valence-corrected chi connectivity index (χ3v) is 5.86. The molecule has 2 aromatic carbocycles. The van der Waals surface area contributed by atoms with Crippen LogP contribution in [-0.2, 0) is 13.0 Å². The Morgan fingerprint density at radius 3 is 2.66 bits per heavy atom. The number of carbonyl (C=O) groups is 1. The molecule has 5 nitrogen and oxygen atoms in total. The summed E-state index contributed by atoms with van der Waals surface area (Å²) < 4.78 is 7.27. The Balaban J connectivity index is 1.73. The number of nitrogens with zero attached hydrogens (tertiary/aromatic N) is 3. The Morgan fingerprint density at radius 2 is 1.93 bits per heavy atom. The van der Waals surface area contributed by atoms with Crippen molar-refractivity contribution in [3.05, 3.63) is 75.6 Å². The van der Waals surface area contributed by atoms with Crippen LogP contribution in [0, 0.1) is 13.8 Å². The van der Waals surface area contributed by atoms with Crippen LogP contribution in [0.3, 0.4) is 0 Å². The van der Waals surface area contributed by atoms with Gasteiger partial charge in [-0.25, -0.2) is 4.68 Å². The minimum absolute atomic E-state index is 0.128. The first-order valence-corrected chi connectivity index (χ1v) is 10.1. The number of aromatic nitrogens is 2. The largest absolute Gasteiger partial charge is 0.495 e. The molecule has 6 heteroatoms. The highest BCUT2D eigenvalue weighted by Gasteiger charge is 2.31. The average Bonchev–Trinajstić information content (AvgIpc) is 3.01. The van der Waals surface area contributed by atoms with Crippen molar-refractivity contribution < 1.29 is 9.53 Å². The molecule has 1 aliphatic heterocycles. The Morgan fingerprint density at radius 1 is 1.17 bits per heavy atom. The van der Waals surface area contributed by atoms with Crippen LogP contribution >= 0.6 is 11.6 Å². The Labute approximate surface area is 175 Å². The third-order valence-electron chi connectivity index (χ3n) is 5.48. The fraction of sp³-hybridized carbons (Fsp3) is 0.304. The molecule has 0 unspecified atom stereocenters. The molecular weight excluding hydrogens is 386 g/mol. The van der Waals surface area contributed by atoms with E-state index in [9.17, 15) is 4.79 Å². The lowest BCUT2D eigenvalue weighted by Crippen LogP contribution is -2.36. The molecule has 0 spiro atoms. The number of hydrogen-bond donors (Lipinski definition) is 0. The van der Waals surface area contributed by atoms with E-state index in [0.717, 1.165) is 29.7 Å². The van der Waals surface area contributed by atoms with Gasteiger partial charge in [-0.3, -0.25) is 4.79 Å². The van der Waals surface area contributed by atoms with Gasteiger partial charge in [-0.15, -0.1) is 0 Å². The van der Waals surface area contributed by atoms with Gasteiger partial charge in [0.2, 0.25) is 0 Å². The van der Waals surface area contributed by atoms with Crippen LogP contribution in [0.5, 0.6) is 5.75 Å². The summed E-state index contributed by atoms with van der Waals surface area (Å²) >= 11 is 6.65. The molecule has 1 aromatic heterocycles. The number of ether oxygens (including phenoxy) is 1. The van der Waals surface area contributed by atoms with Crippen molar-refractivity contribution in [3.63, 3.8) is 0 Å². The van der Waals surface area contributed by atoms with E-state index in [4.69, 9.17) is 16.3 Å². The maximum absolute atomic E-state index is 13.6. The fourth-order valence-electron chi connectivity index (χ4n) is 4.01. The first kappa shape index (κ1) is 19.5. The summed E-state index contributed by atoms with van der Waals surface area (Å²) in [5.74, 6) is 0.584. The molecule has 0 N–H and O–H groups in total. The van der Waals surface area contributed by atoms with E-state index in [1.807, 2.05) is 49.4 Å². The zero-order valence-electron chi connectivity index (χ0n) is 16.9. The Hall–Kier alpha value is -2.79. The van der Waals surface area contributed by atoms with Gasteiger partial charge >= 0.3 is 0 Å². The van der Waals surface area contributed by atoms with E-state index < -0.39 is 0 Å². The van der Waals surface area contributed by atoms with Gasteiger partial charge in [0.1, 0.15) is 10.9 Å². The van der Waals surface area contributed by atoms with Gasteiger partial charge in [0.05, 0.1) is 30.6 Å². The number of halogens is 1. The van der Waals surface area contributed by atoms with Crippen molar-refractivity contribution in [2.75, 3.05) is 18.6 Å². The lowest BCUT2D eigenvalue weighted by atomic mass is 9.95. The number of fused-ring (bicyclic) bond motifs is 1. The fourth-order valence-corrected chi connectivity index (χ4v) is 4.33. The highest BCUT2D eigenvalue weighted by atomic mass is 35.5. The van der Waals surface area contributed by atoms with E-state index in [1.54, 1.807) is 16.7 Å². The number of carbonyl (C=O) groups excluding carboxylic acids is 1. The molecule has 0 aliphatic carbocycles. The molecular formula is C23H24ClN3O2. The zero-order chi connectivity index (χ0) is 20.5. The van der Waals surface area contributed by atoms with Crippen LogP contribution in [0.4, 0.5) is 5.69 Å². The molecule has 29 heavy (non-hydrogen) atoms. The van der Waals surface area contributed by atoms with E-state index in [-0.39, 0.29) is 5.91 Å². The molecule has 0 fully saturated rings. The summed E-state index contributed by atoms with van der Waals surface area (Å²) in [6, 6.07) is 13.9. The van der Waals surface area contributed by atoms with E-state index >= 15 is 0 Å². The number of methoxy groups -OCH3 is 1. The maximum Gasteiger partial charge on any atom is 0.263 e. The summed E-state index contributed by atoms with van der Waals surface area (Å²) in [6.07, 6.45) is 1.84. The van der Waals surface area contributed by atoms with Gasteiger partial charge in [-0.05, 0) is 49.4 Å². The molecule has 3 aromatic rings. The SMILES string of the molecule is COc1ccc(C)c2c1N(C(=O)c1c(C)nn(Cc3ccccc3)c1Cl)CCC2. The number of anilines is 1. The van der Waals surface area contributed by atoms with Crippen LogP contribution in [0.1, 0.15) is 39.2 Å². The van der Waals surface area contributed by atoms with Gasteiger partial charge in [0.25, 0.3) is 5.91 Å². The summed E-state index contributed by atoms with van der Waals surface area (Å²) in [6.45, 7) is 5.05. The van der Waals surface area contributed by atoms with Crippen LogP contribution in [0.25, 0.3) is 0 Å². The predicted octanol–water partition coefficient (Wildman–Crippen LogP) is 4.80. The lowest BCUT2D eigenvalue weighted by Gasteiger charge is -2.32. The molecule has 1 aliphatic rings. The molecule has 2 heterocycles. The topological polar surface area (TPSA) is 47.4 Å². The highest BCUT2D eigenvalue weighted by Crippen LogP contribution is 2.39. The van der Waals surface area contributed by atoms with Crippen molar-refractivity contribution in [1.29, 1.82) is 0 Å². The molecule has 0 saturated carbocycles. The highest BCUT2D eigenvalue weighted by molar-refractivity contribution is 6.34. The van der Waals surface area contributed by atoms with E-state index in [2.05, 4.69) is 12.0 Å². The number of rotatable bonds is 4. The van der Waals surface area contributed by atoms with Gasteiger partial charge in [0.15, 0.2) is 0 Å². The Kier molecular flexibility index (Phi) is 5.33. The molecule has 0 saturated heterocycles. The monoisotopic (exact) mass is 409 g/mol. The second kappa shape index (κ2) is 7.91. The van der Waals surface area contributed by atoms with Gasteiger partial charge < -0.3 is 9.64 Å². The van der Waals surface area contributed by atoms with E-state index in [1.165, 1.54) is 5.56 Å². The molecule has 1 amide bonds. The zero-order valence-corrected chi connectivity index (χ0v) is 17.7. The molecule has 0 bridgehead atoms. The number of hydrogen-bond acceptors (Lipinski definition) is 3. The van der Waals surface area contributed by atoms with Crippen LogP contribution < -0.4 is 9.64 Å². The molecule has 150 valence electrons. The molecule has 4 rings (SSSR count). The number of benzene rings is 2. The third kappa shape index (κ3) is 3.51. The van der Waals surface area contributed by atoms with Crippen LogP contribution in [0.15, 0.2) is 42.5 Å². The van der Waals surface area contributed by atoms with Crippen molar-refractivity contribution in [1.82, 2.24) is 9.78 Å². The van der Waals surface area contributed by atoms with Gasteiger partial charge in [-0.2, -0.15) is 5.10 Å². The average molecular weight is 410 g/mol. The summed E-state index contributed by atoms with van der Waals surface area (Å²) in [4.78, 5) is 15.4. The smallest absolute Gasteiger partial charge is 0.263 e. The quantitative estimate of drug-likeness (QED) is 0.621. The first-order chi connectivity index (χ1) is 14.0. The number of aryl methyl sites for hydroxylation is 2. The molecule has 0 atom stereocenters. The Bertz CT molecular complexity index is 1060. The normalized spacial score (nSPS) is 13.3. The summed E-state index contributed by atoms with van der Waals surface area (Å²) in [7, 11) is 1.64. The second-order valence-electron chi connectivity index (χ2n) is 7.37. The number of amides is 1. The van der Waals surface area contributed by atoms with Gasteiger partial charge in [0, 0.05) is 6.54 Å². The van der Waals surface area contributed by atoms with Gasteiger partial charge in [-0.1, -0.05) is 48.0 Å². The second-order valence-corrected chi connectivity index (χ2v) is 7.72. The summed E-state index contributed by atoms with van der Waals surface area (Å²) in [5.41, 5.74) is 5.36. The minimum atomic E-state index is -0.128. The summed E-state index contributed by atoms with van der Waals surface area (Å²) in [5, 5.41) is 4.91. The standard InChI is InChI=1S/C23H24ClN3O2/c1-15-11-12-19(29-3)21-18(15)10-7-13-26(21)23(28)20-16(2)25-27(22(20)24)14-17-8-5-4-6-9-17/h4-6,8-9,11-12H,7,10,13-14H2,1-3H3. The maximum atomic E-state index is 13.6. The van der Waals surface area contributed by atoms with Crippen LogP contribution in [-0.4, -0.2) is 29.3 Å².